The maximum atomic E-state index is 5.99. The van der Waals surface area contributed by atoms with Crippen molar-refractivity contribution in [2.45, 2.75) is 45.0 Å². The molecule has 1 nitrogen and oxygen atoms in total. The fraction of sp³-hybridized carbons (Fsp3) is 1.00. The van der Waals surface area contributed by atoms with Crippen LogP contribution in [0.2, 0.25) is 5.82 Å². The molecule has 1 fully saturated rings. The van der Waals surface area contributed by atoms with Crippen molar-refractivity contribution in [2.75, 3.05) is 7.11 Å². The molecule has 1 saturated carbocycles. The Morgan fingerprint density at radius 1 is 1.33 bits per heavy atom. The van der Waals surface area contributed by atoms with Crippen molar-refractivity contribution in [1.29, 1.82) is 0 Å². The van der Waals surface area contributed by atoms with Crippen molar-refractivity contribution < 1.29 is 4.74 Å². The highest BCUT2D eigenvalue weighted by atomic mass is 16.5. The molecule has 1 aliphatic rings. The molecule has 0 bridgehead atoms. The molecule has 2 heteroatoms. The summed E-state index contributed by atoms with van der Waals surface area (Å²) in [7, 11) is 7.76. The number of methoxy groups -OCH3 is 1. The molecule has 12 heavy (non-hydrogen) atoms. The van der Waals surface area contributed by atoms with Crippen molar-refractivity contribution in [3.8, 4) is 0 Å². The van der Waals surface area contributed by atoms with Gasteiger partial charge in [0.05, 0.1) is 14.0 Å². The minimum Gasteiger partial charge on any atom is -0.382 e. The summed E-state index contributed by atoms with van der Waals surface area (Å²) in [5.41, 5.74) is 0. The second-order valence-electron chi connectivity index (χ2n) is 4.26. The third kappa shape index (κ3) is 2.26. The van der Waals surface area contributed by atoms with Crippen LogP contribution in [-0.4, -0.2) is 21.1 Å². The monoisotopic (exact) mass is 166 g/mol. The van der Waals surface area contributed by atoms with E-state index in [0.717, 1.165) is 24.7 Å². The lowest BCUT2D eigenvalue weighted by Crippen LogP contribution is -2.28. The molecule has 1 rings (SSSR count). The predicted octanol–water partition coefficient (Wildman–Crippen LogP) is 2.41. The van der Waals surface area contributed by atoms with Gasteiger partial charge in [-0.3, -0.25) is 0 Å². The predicted molar refractivity (Wildman–Crippen MR) is 52.5 cm³/mol. The smallest absolute Gasteiger partial charge is 0.0734 e. The van der Waals surface area contributed by atoms with Crippen molar-refractivity contribution in [3.63, 3.8) is 0 Å². The van der Waals surface area contributed by atoms with Crippen LogP contribution >= 0.6 is 0 Å². The number of rotatable bonds is 2. The van der Waals surface area contributed by atoms with Crippen molar-refractivity contribution in [1.82, 2.24) is 0 Å². The van der Waals surface area contributed by atoms with Gasteiger partial charge in [-0.1, -0.05) is 26.1 Å². The fourth-order valence-corrected chi connectivity index (χ4v) is 2.11. The van der Waals surface area contributed by atoms with E-state index in [-0.39, 0.29) is 5.82 Å². The van der Waals surface area contributed by atoms with Crippen molar-refractivity contribution >= 4 is 7.85 Å². The number of hydrogen-bond donors (Lipinski definition) is 0. The summed E-state index contributed by atoms with van der Waals surface area (Å²) in [6, 6.07) is 0. The molecule has 0 aromatic heterocycles. The first kappa shape index (κ1) is 10.1. The van der Waals surface area contributed by atoms with Gasteiger partial charge < -0.3 is 4.74 Å². The van der Waals surface area contributed by atoms with Crippen LogP contribution in [0.25, 0.3) is 0 Å². The summed E-state index contributed by atoms with van der Waals surface area (Å²) in [4.78, 5) is 0. The van der Waals surface area contributed by atoms with E-state index in [1.165, 1.54) is 6.42 Å². The maximum Gasteiger partial charge on any atom is 0.0734 e. The zero-order valence-electron chi connectivity index (χ0n) is 8.42. The molecule has 0 spiro atoms. The second-order valence-corrected chi connectivity index (χ2v) is 4.26. The Morgan fingerprint density at radius 2 is 2.00 bits per heavy atom. The Hall–Kier alpha value is 0.0249. The zero-order valence-corrected chi connectivity index (χ0v) is 8.42. The van der Waals surface area contributed by atoms with Crippen LogP contribution in [0.3, 0.4) is 0 Å². The van der Waals surface area contributed by atoms with Gasteiger partial charge in [0.2, 0.25) is 0 Å². The molecular weight excluding hydrogens is 147 g/mol. The van der Waals surface area contributed by atoms with Crippen molar-refractivity contribution in [3.05, 3.63) is 0 Å². The lowest BCUT2D eigenvalue weighted by atomic mass is 9.67. The van der Waals surface area contributed by atoms with E-state index in [1.54, 1.807) is 7.11 Å². The Balaban J connectivity index is 2.40. The van der Waals surface area contributed by atoms with Gasteiger partial charge in [0.25, 0.3) is 0 Å². The van der Waals surface area contributed by atoms with Crippen LogP contribution in [0, 0.1) is 11.8 Å². The van der Waals surface area contributed by atoms with Gasteiger partial charge in [-0.2, -0.15) is 0 Å². The molecule has 0 N–H and O–H groups in total. The first-order valence-corrected chi connectivity index (χ1v) is 4.93. The largest absolute Gasteiger partial charge is 0.382 e. The molecule has 0 aromatic carbocycles. The Labute approximate surface area is 77.3 Å². The second kappa shape index (κ2) is 4.31. The van der Waals surface area contributed by atoms with E-state index in [9.17, 15) is 0 Å². The Kier molecular flexibility index (Phi) is 3.63. The Bertz CT molecular complexity index is 136. The fourth-order valence-electron chi connectivity index (χ4n) is 2.11. The minimum absolute atomic E-state index is 0.260. The van der Waals surface area contributed by atoms with Gasteiger partial charge in [-0.05, 0) is 24.7 Å². The maximum absolute atomic E-state index is 5.99. The quantitative estimate of drug-likeness (QED) is 0.572. The lowest BCUT2D eigenvalue weighted by Gasteiger charge is -2.35. The summed E-state index contributed by atoms with van der Waals surface area (Å²) in [6.45, 7) is 4.56. The molecule has 0 aromatic rings. The molecule has 0 heterocycles. The van der Waals surface area contributed by atoms with Crippen LogP contribution in [0.4, 0.5) is 0 Å². The molecule has 3 atom stereocenters. The summed E-state index contributed by atoms with van der Waals surface area (Å²) in [6.07, 6.45) is 3.86. The van der Waals surface area contributed by atoms with Gasteiger partial charge in [0, 0.05) is 7.11 Å². The first-order valence-electron chi connectivity index (χ1n) is 4.93. The van der Waals surface area contributed by atoms with Crippen molar-refractivity contribution in [2.24, 2.45) is 11.8 Å². The van der Waals surface area contributed by atoms with E-state index in [2.05, 4.69) is 13.8 Å². The molecule has 0 saturated heterocycles. The molecular formula is C10H19BO. The van der Waals surface area contributed by atoms with Crippen LogP contribution < -0.4 is 0 Å². The van der Waals surface area contributed by atoms with Crippen LogP contribution in [0.15, 0.2) is 0 Å². The van der Waals surface area contributed by atoms with Gasteiger partial charge >= 0.3 is 0 Å². The summed E-state index contributed by atoms with van der Waals surface area (Å²) in [5.74, 6) is 1.84. The third-order valence-electron chi connectivity index (χ3n) is 3.12. The number of hydrogen-bond acceptors (Lipinski definition) is 1. The Morgan fingerprint density at radius 3 is 2.42 bits per heavy atom. The van der Waals surface area contributed by atoms with E-state index in [4.69, 9.17) is 12.6 Å². The molecule has 0 amide bonds. The zero-order chi connectivity index (χ0) is 9.14. The van der Waals surface area contributed by atoms with Gasteiger partial charge in [0.15, 0.2) is 0 Å². The van der Waals surface area contributed by atoms with Crippen LogP contribution in [-0.2, 0) is 4.74 Å². The highest BCUT2D eigenvalue weighted by Crippen LogP contribution is 2.36. The number of ether oxygens (including phenoxy) is 1. The van der Waals surface area contributed by atoms with E-state index < -0.39 is 0 Å². The average Bonchev–Trinajstić information content (AvgIpc) is 2.04. The summed E-state index contributed by atoms with van der Waals surface area (Å²) >= 11 is 0. The topological polar surface area (TPSA) is 9.23 Å². The summed E-state index contributed by atoms with van der Waals surface area (Å²) < 4.78 is 5.31. The van der Waals surface area contributed by atoms with Crippen LogP contribution in [0.5, 0.6) is 0 Å². The van der Waals surface area contributed by atoms with Crippen LogP contribution in [0.1, 0.15) is 33.1 Å². The SMILES string of the molecule is [B]C1CC(C(C)C)CCC1OC. The first-order chi connectivity index (χ1) is 5.65. The van der Waals surface area contributed by atoms with E-state index in [1.807, 2.05) is 0 Å². The molecule has 1 aliphatic carbocycles. The van der Waals surface area contributed by atoms with Gasteiger partial charge in [-0.25, -0.2) is 0 Å². The standard InChI is InChI=1S/C10H19BO/c1-7(2)8-4-5-10(12-3)9(11)6-8/h7-10H,4-6H2,1-3H3. The average molecular weight is 166 g/mol. The lowest BCUT2D eigenvalue weighted by molar-refractivity contribution is 0.0505. The molecule has 0 aliphatic heterocycles. The highest BCUT2D eigenvalue weighted by molar-refractivity contribution is 6.12. The van der Waals surface area contributed by atoms with Gasteiger partial charge in [0.1, 0.15) is 0 Å². The summed E-state index contributed by atoms with van der Waals surface area (Å²) in [5, 5.41) is 0. The van der Waals surface area contributed by atoms with E-state index >= 15 is 0 Å². The van der Waals surface area contributed by atoms with E-state index in [0.29, 0.717) is 6.10 Å². The normalized spacial score (nSPS) is 37.2. The minimum atomic E-state index is 0.260. The van der Waals surface area contributed by atoms with Gasteiger partial charge in [-0.15, -0.1) is 0 Å². The molecule has 2 radical (unpaired) electrons. The third-order valence-corrected chi connectivity index (χ3v) is 3.12. The molecule has 3 unspecified atom stereocenters. The molecule has 68 valence electrons. The highest BCUT2D eigenvalue weighted by Gasteiger charge is 2.28.